The van der Waals surface area contributed by atoms with Crippen molar-refractivity contribution in [3.8, 4) is 0 Å². The molecule has 0 aliphatic carbocycles. The van der Waals surface area contributed by atoms with Crippen LogP contribution < -0.4 is 0 Å². The van der Waals surface area contributed by atoms with Crippen LogP contribution >= 0.6 is 15.9 Å². The van der Waals surface area contributed by atoms with Gasteiger partial charge in [-0.15, -0.1) is 0 Å². The van der Waals surface area contributed by atoms with Crippen LogP contribution in [-0.4, -0.2) is 33.7 Å². The van der Waals surface area contributed by atoms with E-state index in [0.717, 1.165) is 19.0 Å². The highest BCUT2D eigenvalue weighted by Crippen LogP contribution is 2.19. The lowest BCUT2D eigenvalue weighted by molar-refractivity contribution is 0.0725. The maximum absolute atomic E-state index is 13.4. The molecule has 1 unspecified atom stereocenters. The minimum Gasteiger partial charge on any atom is -0.337 e. The van der Waals surface area contributed by atoms with Crippen molar-refractivity contribution in [3.63, 3.8) is 0 Å². The summed E-state index contributed by atoms with van der Waals surface area (Å²) in [5, 5.41) is 0. The molecule has 0 saturated carbocycles. The summed E-state index contributed by atoms with van der Waals surface area (Å²) in [6, 6.07) is 1.43. The van der Waals surface area contributed by atoms with Gasteiger partial charge < -0.3 is 4.90 Å². The van der Waals surface area contributed by atoms with E-state index in [-0.39, 0.29) is 11.5 Å². The molecule has 1 aromatic heterocycles. The molecular weight excluding hydrogens is 275 g/mol. The third kappa shape index (κ3) is 2.40. The molecule has 5 heteroatoms. The van der Waals surface area contributed by atoms with Crippen molar-refractivity contribution in [3.05, 3.63) is 29.8 Å². The first kappa shape index (κ1) is 11.5. The SMILES string of the molecule is O=C(c1ccncc1F)N1CCCC(Br)C1. The lowest BCUT2D eigenvalue weighted by Crippen LogP contribution is -2.40. The van der Waals surface area contributed by atoms with Crippen LogP contribution in [0.2, 0.25) is 0 Å². The Labute approximate surface area is 102 Å². The molecule has 16 heavy (non-hydrogen) atoms. The van der Waals surface area contributed by atoms with Gasteiger partial charge >= 0.3 is 0 Å². The van der Waals surface area contributed by atoms with Crippen molar-refractivity contribution in [2.24, 2.45) is 0 Å². The fraction of sp³-hybridized carbons (Fsp3) is 0.455. The highest BCUT2D eigenvalue weighted by molar-refractivity contribution is 9.09. The fourth-order valence-electron chi connectivity index (χ4n) is 1.83. The van der Waals surface area contributed by atoms with E-state index in [2.05, 4.69) is 20.9 Å². The number of hydrogen-bond donors (Lipinski definition) is 0. The van der Waals surface area contributed by atoms with Crippen molar-refractivity contribution in [1.29, 1.82) is 0 Å². The first-order valence-corrected chi connectivity index (χ1v) is 6.13. The van der Waals surface area contributed by atoms with E-state index in [1.54, 1.807) is 4.90 Å². The second-order valence-electron chi connectivity index (χ2n) is 3.85. The van der Waals surface area contributed by atoms with Gasteiger partial charge in [-0.3, -0.25) is 9.78 Å². The Balaban J connectivity index is 2.16. The molecule has 2 heterocycles. The molecule has 1 fully saturated rings. The summed E-state index contributed by atoms with van der Waals surface area (Å²) in [5.74, 6) is -0.798. The number of amides is 1. The van der Waals surface area contributed by atoms with Crippen molar-refractivity contribution in [2.75, 3.05) is 13.1 Å². The van der Waals surface area contributed by atoms with E-state index in [0.29, 0.717) is 17.9 Å². The second-order valence-corrected chi connectivity index (χ2v) is 5.14. The van der Waals surface area contributed by atoms with E-state index in [1.165, 1.54) is 12.3 Å². The van der Waals surface area contributed by atoms with Gasteiger partial charge in [-0.05, 0) is 18.9 Å². The van der Waals surface area contributed by atoms with Crippen LogP contribution in [0.15, 0.2) is 18.5 Å². The second kappa shape index (κ2) is 4.91. The monoisotopic (exact) mass is 286 g/mol. The summed E-state index contributed by atoms with van der Waals surface area (Å²) in [4.78, 5) is 17.6. The Bertz CT molecular complexity index is 399. The van der Waals surface area contributed by atoms with Crippen LogP contribution in [0.5, 0.6) is 0 Å². The van der Waals surface area contributed by atoms with Gasteiger partial charge in [-0.1, -0.05) is 15.9 Å². The summed E-state index contributed by atoms with van der Waals surface area (Å²) in [6.07, 6.45) is 4.52. The van der Waals surface area contributed by atoms with E-state index in [4.69, 9.17) is 0 Å². The number of aromatic nitrogens is 1. The molecule has 1 aliphatic rings. The highest BCUT2D eigenvalue weighted by Gasteiger charge is 2.24. The average Bonchev–Trinajstić information content (AvgIpc) is 2.29. The van der Waals surface area contributed by atoms with Gasteiger partial charge in [-0.25, -0.2) is 4.39 Å². The summed E-state index contributed by atoms with van der Waals surface area (Å²) < 4.78 is 13.4. The maximum atomic E-state index is 13.4. The lowest BCUT2D eigenvalue weighted by atomic mass is 10.1. The fourth-order valence-corrected chi connectivity index (χ4v) is 2.50. The topological polar surface area (TPSA) is 33.2 Å². The molecule has 1 saturated heterocycles. The number of alkyl halides is 1. The molecule has 86 valence electrons. The quantitative estimate of drug-likeness (QED) is 0.742. The molecule has 1 aliphatic heterocycles. The lowest BCUT2D eigenvalue weighted by Gasteiger charge is -2.30. The first-order chi connectivity index (χ1) is 7.68. The van der Waals surface area contributed by atoms with Gasteiger partial charge in [0.25, 0.3) is 5.91 Å². The largest absolute Gasteiger partial charge is 0.337 e. The predicted molar refractivity (Wildman–Crippen MR) is 62.0 cm³/mol. The van der Waals surface area contributed by atoms with Gasteiger partial charge in [0.2, 0.25) is 0 Å². The zero-order valence-electron chi connectivity index (χ0n) is 8.70. The Morgan fingerprint density at radius 1 is 1.62 bits per heavy atom. The molecule has 0 aromatic carbocycles. The predicted octanol–water partition coefficient (Wildman–Crippen LogP) is 2.22. The van der Waals surface area contributed by atoms with Crippen LogP contribution in [0.25, 0.3) is 0 Å². The van der Waals surface area contributed by atoms with Gasteiger partial charge in [0.1, 0.15) is 0 Å². The van der Waals surface area contributed by atoms with Crippen molar-refractivity contribution < 1.29 is 9.18 Å². The Kier molecular flexibility index (Phi) is 3.53. The number of nitrogens with zero attached hydrogens (tertiary/aromatic N) is 2. The number of pyridine rings is 1. The smallest absolute Gasteiger partial charge is 0.256 e. The summed E-state index contributed by atoms with van der Waals surface area (Å²) in [7, 11) is 0. The maximum Gasteiger partial charge on any atom is 0.256 e. The first-order valence-electron chi connectivity index (χ1n) is 5.21. The molecule has 0 bridgehead atoms. The van der Waals surface area contributed by atoms with Crippen LogP contribution in [0, 0.1) is 5.82 Å². The van der Waals surface area contributed by atoms with E-state index in [9.17, 15) is 9.18 Å². The molecule has 1 aromatic rings. The minimum absolute atomic E-state index is 0.108. The third-order valence-corrected chi connectivity index (χ3v) is 3.40. The van der Waals surface area contributed by atoms with Crippen LogP contribution in [0.4, 0.5) is 4.39 Å². The Morgan fingerprint density at radius 2 is 2.44 bits per heavy atom. The molecule has 3 nitrogen and oxygen atoms in total. The zero-order chi connectivity index (χ0) is 11.5. The number of carbonyl (C=O) groups is 1. The average molecular weight is 287 g/mol. The number of rotatable bonds is 1. The Morgan fingerprint density at radius 3 is 3.12 bits per heavy atom. The molecule has 1 atom stereocenters. The van der Waals surface area contributed by atoms with Gasteiger partial charge in [-0.2, -0.15) is 0 Å². The van der Waals surface area contributed by atoms with Crippen LogP contribution in [0.3, 0.4) is 0 Å². The van der Waals surface area contributed by atoms with Crippen molar-refractivity contribution >= 4 is 21.8 Å². The molecule has 2 rings (SSSR count). The van der Waals surface area contributed by atoms with E-state index in [1.807, 2.05) is 0 Å². The summed E-state index contributed by atoms with van der Waals surface area (Å²) in [6.45, 7) is 1.34. The standard InChI is InChI=1S/C11H12BrFN2O/c12-8-2-1-5-15(7-8)11(16)9-3-4-14-6-10(9)13/h3-4,6,8H,1-2,5,7H2. The van der Waals surface area contributed by atoms with E-state index < -0.39 is 5.82 Å². The summed E-state index contributed by atoms with van der Waals surface area (Å²) in [5.41, 5.74) is 0.108. The van der Waals surface area contributed by atoms with Crippen molar-refractivity contribution in [2.45, 2.75) is 17.7 Å². The number of carbonyl (C=O) groups excluding carboxylic acids is 1. The van der Waals surface area contributed by atoms with Crippen LogP contribution in [0.1, 0.15) is 23.2 Å². The number of halogens is 2. The molecule has 0 radical (unpaired) electrons. The van der Waals surface area contributed by atoms with Crippen molar-refractivity contribution in [1.82, 2.24) is 9.88 Å². The highest BCUT2D eigenvalue weighted by atomic mass is 79.9. The summed E-state index contributed by atoms with van der Waals surface area (Å²) >= 11 is 3.49. The molecular formula is C11H12BrFN2O. The molecule has 0 spiro atoms. The van der Waals surface area contributed by atoms with Gasteiger partial charge in [0.15, 0.2) is 5.82 Å². The molecule has 1 amide bonds. The van der Waals surface area contributed by atoms with Gasteiger partial charge in [0, 0.05) is 24.1 Å². The Hall–Kier alpha value is -0.970. The zero-order valence-corrected chi connectivity index (χ0v) is 10.3. The third-order valence-electron chi connectivity index (χ3n) is 2.65. The normalized spacial score (nSPS) is 20.9. The van der Waals surface area contributed by atoms with Crippen LogP contribution in [-0.2, 0) is 0 Å². The number of hydrogen-bond acceptors (Lipinski definition) is 2. The number of piperidine rings is 1. The van der Waals surface area contributed by atoms with Gasteiger partial charge in [0.05, 0.1) is 11.8 Å². The number of likely N-dealkylation sites (tertiary alicyclic amines) is 1. The van der Waals surface area contributed by atoms with E-state index >= 15 is 0 Å². The minimum atomic E-state index is -0.552. The molecule has 0 N–H and O–H groups in total.